The predicted molar refractivity (Wildman–Crippen MR) is 37.9 cm³/mol. The third kappa shape index (κ3) is 5.48. The van der Waals surface area contributed by atoms with Gasteiger partial charge >= 0.3 is 0 Å². The van der Waals surface area contributed by atoms with Gasteiger partial charge in [0.05, 0.1) is 0 Å². The Morgan fingerprint density at radius 1 is 1.12 bits per heavy atom. The van der Waals surface area contributed by atoms with Gasteiger partial charge < -0.3 is 0 Å². The summed E-state index contributed by atoms with van der Waals surface area (Å²) in [5.41, 5.74) is 0. The molecule has 0 aliphatic carbocycles. The molecular formula is C8H11. The highest BCUT2D eigenvalue weighted by atomic mass is 13.8. The van der Waals surface area contributed by atoms with E-state index in [-0.39, 0.29) is 0 Å². The minimum Gasteiger partial charge on any atom is -0.0882 e. The molecule has 0 saturated heterocycles. The van der Waals surface area contributed by atoms with Gasteiger partial charge in [-0.25, -0.2) is 0 Å². The molecule has 0 aromatic heterocycles. The van der Waals surface area contributed by atoms with E-state index in [2.05, 4.69) is 13.8 Å². The maximum absolute atomic E-state index is 3.54. The number of rotatable bonds is 3. The summed E-state index contributed by atoms with van der Waals surface area (Å²) in [5.74, 6) is 0. The second kappa shape index (κ2) is 6.48. The molecule has 0 N–H and O–H groups in total. The Hall–Kier alpha value is -0.520. The number of hydrogen-bond donors (Lipinski definition) is 0. The summed E-state index contributed by atoms with van der Waals surface area (Å²) in [6.45, 7) is 7.07. The first kappa shape index (κ1) is 7.48. The Balaban J connectivity index is 2.93. The summed E-state index contributed by atoms with van der Waals surface area (Å²) >= 11 is 0. The van der Waals surface area contributed by atoms with E-state index < -0.39 is 0 Å². The van der Waals surface area contributed by atoms with Crippen LogP contribution < -0.4 is 0 Å². The van der Waals surface area contributed by atoms with E-state index in [9.17, 15) is 0 Å². The van der Waals surface area contributed by atoms with Crippen molar-refractivity contribution in [2.75, 3.05) is 0 Å². The van der Waals surface area contributed by atoms with Crippen LogP contribution in [0.1, 0.15) is 6.42 Å². The van der Waals surface area contributed by atoms with Crippen LogP contribution in [0, 0.1) is 20.3 Å². The Bertz CT molecular complexity index is 66.0. The van der Waals surface area contributed by atoms with Crippen LogP contribution in [0.5, 0.6) is 0 Å². The lowest BCUT2D eigenvalue weighted by Gasteiger charge is -1.80. The lowest BCUT2D eigenvalue weighted by molar-refractivity contribution is 1.29. The van der Waals surface area contributed by atoms with Crippen molar-refractivity contribution in [1.82, 2.24) is 0 Å². The second-order valence-electron chi connectivity index (χ2n) is 1.37. The Labute approximate surface area is 51.9 Å². The number of unbranched alkanes of at least 4 members (excludes halogenated alkanes) is 1. The van der Waals surface area contributed by atoms with Gasteiger partial charge in [-0.15, -0.1) is 0 Å². The van der Waals surface area contributed by atoms with E-state index in [4.69, 9.17) is 0 Å². The van der Waals surface area contributed by atoms with Crippen LogP contribution in [0.2, 0.25) is 0 Å². The third-order valence-electron chi connectivity index (χ3n) is 0.711. The molecule has 0 aliphatic heterocycles. The van der Waals surface area contributed by atoms with Crippen LogP contribution >= 0.6 is 0 Å². The molecule has 0 spiro atoms. The molecule has 0 saturated carbocycles. The molecule has 0 heterocycles. The lowest BCUT2D eigenvalue weighted by atomic mass is 10.3. The van der Waals surface area contributed by atoms with Crippen LogP contribution in [-0.2, 0) is 0 Å². The van der Waals surface area contributed by atoms with E-state index in [0.717, 1.165) is 6.42 Å². The molecule has 0 unspecified atom stereocenters. The Kier molecular flexibility index (Phi) is 6.06. The van der Waals surface area contributed by atoms with Crippen LogP contribution in [-0.4, -0.2) is 0 Å². The van der Waals surface area contributed by atoms with Crippen molar-refractivity contribution >= 4 is 0 Å². The summed E-state index contributed by atoms with van der Waals surface area (Å²) in [4.78, 5) is 0. The molecule has 0 aliphatic rings. The van der Waals surface area contributed by atoms with E-state index in [1.165, 1.54) is 0 Å². The Morgan fingerprint density at radius 3 is 2.38 bits per heavy atom. The van der Waals surface area contributed by atoms with Crippen molar-refractivity contribution in [2.45, 2.75) is 6.42 Å². The normalized spacial score (nSPS) is 11.8. The van der Waals surface area contributed by atoms with Gasteiger partial charge in [0.2, 0.25) is 0 Å². The van der Waals surface area contributed by atoms with Crippen LogP contribution in [0.4, 0.5) is 0 Å². The monoisotopic (exact) mass is 107 g/mol. The maximum Gasteiger partial charge on any atom is -0.0133 e. The van der Waals surface area contributed by atoms with E-state index >= 15 is 0 Å². The standard InChI is InChI=1S/C8H11/c1-3-5-7-8-6-4-2/h3-7H,1-2,8H2. The van der Waals surface area contributed by atoms with Crippen LogP contribution in [0.25, 0.3) is 0 Å². The second-order valence-corrected chi connectivity index (χ2v) is 1.37. The molecule has 0 aromatic carbocycles. The van der Waals surface area contributed by atoms with Crippen molar-refractivity contribution in [3.8, 4) is 0 Å². The summed E-state index contributed by atoms with van der Waals surface area (Å²) < 4.78 is 0. The molecule has 8 heavy (non-hydrogen) atoms. The highest BCUT2D eigenvalue weighted by molar-refractivity contribution is 5.00. The first-order chi connectivity index (χ1) is 3.91. The molecular weight excluding hydrogens is 96.1 g/mol. The molecule has 3 radical (unpaired) electrons. The van der Waals surface area contributed by atoms with Gasteiger partial charge in [0.1, 0.15) is 0 Å². The summed E-state index contributed by atoms with van der Waals surface area (Å²) in [5, 5.41) is 0. The molecule has 0 amide bonds. The zero-order chi connectivity index (χ0) is 6.24. The first-order valence-electron chi connectivity index (χ1n) is 2.63. The average molecular weight is 107 g/mol. The van der Waals surface area contributed by atoms with Crippen LogP contribution in [0.3, 0.4) is 0 Å². The quantitative estimate of drug-likeness (QED) is 0.486. The SMILES string of the molecule is [CH2]C=C[CH]CC=C[CH2]. The van der Waals surface area contributed by atoms with E-state index in [1.807, 2.05) is 18.6 Å². The van der Waals surface area contributed by atoms with Gasteiger partial charge in [-0.2, -0.15) is 0 Å². The topological polar surface area (TPSA) is 0 Å². The fourth-order valence-corrected chi connectivity index (χ4v) is 0.350. The van der Waals surface area contributed by atoms with Crippen molar-refractivity contribution in [3.63, 3.8) is 0 Å². The molecule has 0 atom stereocenters. The molecule has 43 valence electrons. The van der Waals surface area contributed by atoms with E-state index in [0.29, 0.717) is 0 Å². The van der Waals surface area contributed by atoms with Crippen molar-refractivity contribution in [1.29, 1.82) is 0 Å². The fourth-order valence-electron chi connectivity index (χ4n) is 0.350. The fraction of sp³-hybridized carbons (Fsp3) is 0.125. The zero-order valence-electron chi connectivity index (χ0n) is 5.01. The van der Waals surface area contributed by atoms with Gasteiger partial charge in [0, 0.05) is 0 Å². The largest absolute Gasteiger partial charge is 0.0882 e. The molecule has 0 rings (SSSR count). The molecule has 0 heteroatoms. The predicted octanol–water partition coefficient (Wildman–Crippen LogP) is 2.36. The van der Waals surface area contributed by atoms with Crippen molar-refractivity contribution < 1.29 is 0 Å². The first-order valence-corrected chi connectivity index (χ1v) is 2.63. The van der Waals surface area contributed by atoms with Crippen molar-refractivity contribution in [3.05, 3.63) is 44.6 Å². The third-order valence-corrected chi connectivity index (χ3v) is 0.711. The minimum absolute atomic E-state index is 0.954. The van der Waals surface area contributed by atoms with Gasteiger partial charge in [-0.05, 0) is 26.7 Å². The van der Waals surface area contributed by atoms with Gasteiger partial charge in [0.15, 0.2) is 0 Å². The number of hydrogen-bond acceptors (Lipinski definition) is 0. The molecule has 0 aromatic rings. The molecule has 0 nitrogen and oxygen atoms in total. The van der Waals surface area contributed by atoms with Gasteiger partial charge in [-0.1, -0.05) is 24.3 Å². The van der Waals surface area contributed by atoms with Gasteiger partial charge in [-0.3, -0.25) is 0 Å². The number of allylic oxidation sites excluding steroid dienone is 4. The highest BCUT2D eigenvalue weighted by Crippen LogP contribution is 1.89. The highest BCUT2D eigenvalue weighted by Gasteiger charge is 1.71. The minimum atomic E-state index is 0.954. The summed E-state index contributed by atoms with van der Waals surface area (Å²) in [7, 11) is 0. The average Bonchev–Trinajstić information content (AvgIpc) is 1.81. The van der Waals surface area contributed by atoms with E-state index in [1.54, 1.807) is 12.2 Å². The van der Waals surface area contributed by atoms with Gasteiger partial charge in [0.25, 0.3) is 0 Å². The molecule has 0 bridgehead atoms. The van der Waals surface area contributed by atoms with Crippen molar-refractivity contribution in [2.24, 2.45) is 0 Å². The Morgan fingerprint density at radius 2 is 1.88 bits per heavy atom. The van der Waals surface area contributed by atoms with Crippen LogP contribution in [0.15, 0.2) is 24.3 Å². The summed E-state index contributed by atoms with van der Waals surface area (Å²) in [6.07, 6.45) is 10.4. The summed E-state index contributed by atoms with van der Waals surface area (Å²) in [6, 6.07) is 0. The zero-order valence-corrected chi connectivity index (χ0v) is 5.01. The maximum atomic E-state index is 3.54. The lowest BCUT2D eigenvalue weighted by Crippen LogP contribution is -1.62. The molecule has 0 fully saturated rings. The smallest absolute Gasteiger partial charge is 0.0133 e.